The van der Waals surface area contributed by atoms with Crippen LogP contribution in [0.3, 0.4) is 0 Å². The number of carbonyl (C=O) groups is 3. The lowest BCUT2D eigenvalue weighted by Crippen LogP contribution is -2.52. The first kappa shape index (κ1) is 35.8. The van der Waals surface area contributed by atoms with Crippen molar-refractivity contribution in [2.75, 3.05) is 50.6 Å². The maximum Gasteiger partial charge on any atom is 0.264 e. The zero-order valence-corrected chi connectivity index (χ0v) is 30.8. The summed E-state index contributed by atoms with van der Waals surface area (Å²) < 4.78 is 12.6. The fraction of sp³-hybridized carbons (Fsp3) is 0.462. The molecule has 3 amide bonds. The number of amides is 3. The molecule has 6 rings (SSSR count). The van der Waals surface area contributed by atoms with Gasteiger partial charge in [0.25, 0.3) is 5.91 Å². The predicted molar refractivity (Wildman–Crippen MR) is 197 cm³/mol. The highest BCUT2D eigenvalue weighted by Crippen LogP contribution is 2.60. The number of nitrogens with zero attached hydrogens (tertiary/aromatic N) is 2. The van der Waals surface area contributed by atoms with Crippen molar-refractivity contribution in [2.45, 2.75) is 63.1 Å². The topological polar surface area (TPSA) is 120 Å². The van der Waals surface area contributed by atoms with Crippen molar-refractivity contribution in [3.05, 3.63) is 83.9 Å². The molecule has 3 aliphatic rings. The summed E-state index contributed by atoms with van der Waals surface area (Å²) >= 11 is 0. The van der Waals surface area contributed by atoms with Gasteiger partial charge in [-0.15, -0.1) is 0 Å². The van der Waals surface area contributed by atoms with Gasteiger partial charge in [0.15, 0.2) is 5.60 Å². The van der Waals surface area contributed by atoms with Crippen LogP contribution in [0.4, 0.5) is 11.4 Å². The third-order valence-corrected chi connectivity index (χ3v) is 15.6. The van der Waals surface area contributed by atoms with E-state index >= 15 is 0 Å². The number of hydrogen-bond acceptors (Lipinski definition) is 7. The molecule has 3 aliphatic heterocycles. The quantitative estimate of drug-likeness (QED) is 0.257. The van der Waals surface area contributed by atoms with Gasteiger partial charge in [0.1, 0.15) is 5.75 Å². The molecule has 0 saturated carbocycles. The van der Waals surface area contributed by atoms with Gasteiger partial charge in [-0.1, -0.05) is 67.7 Å². The number of ether oxygens (including phenoxy) is 2. The molecule has 3 aromatic rings. The Morgan fingerprint density at radius 2 is 1.86 bits per heavy atom. The molecule has 50 heavy (non-hydrogen) atoms. The summed E-state index contributed by atoms with van der Waals surface area (Å²) in [5, 5.41) is 17.5. The van der Waals surface area contributed by atoms with Crippen LogP contribution in [0.5, 0.6) is 5.75 Å². The lowest BCUT2D eigenvalue weighted by molar-refractivity contribution is -0.149. The van der Waals surface area contributed by atoms with E-state index in [-0.39, 0.29) is 54.7 Å². The van der Waals surface area contributed by atoms with Crippen LogP contribution in [-0.4, -0.2) is 82.3 Å². The van der Waals surface area contributed by atoms with Crippen molar-refractivity contribution in [1.29, 1.82) is 0 Å². The van der Waals surface area contributed by atoms with Gasteiger partial charge >= 0.3 is 0 Å². The van der Waals surface area contributed by atoms with Crippen LogP contribution in [0.2, 0.25) is 18.6 Å². The summed E-state index contributed by atoms with van der Waals surface area (Å²) in [6.45, 7) is 8.60. The van der Waals surface area contributed by atoms with Crippen LogP contribution < -0.4 is 25.5 Å². The Bertz CT molecular complexity index is 1700. The highest BCUT2D eigenvalue weighted by molar-refractivity contribution is 6.91. The molecule has 0 aliphatic carbocycles. The number of fused-ring (bicyclic) bond motifs is 2. The van der Waals surface area contributed by atoms with Gasteiger partial charge in [0, 0.05) is 43.9 Å². The van der Waals surface area contributed by atoms with Gasteiger partial charge in [0.05, 0.1) is 45.9 Å². The Labute approximate surface area is 296 Å². The number of rotatable bonds is 11. The van der Waals surface area contributed by atoms with Gasteiger partial charge in [-0.2, -0.15) is 0 Å². The lowest BCUT2D eigenvalue weighted by atomic mass is 9.82. The van der Waals surface area contributed by atoms with E-state index in [0.717, 1.165) is 36.4 Å². The summed E-state index contributed by atoms with van der Waals surface area (Å²) in [6, 6.07) is 23.5. The molecule has 0 radical (unpaired) electrons. The number of carbonyl (C=O) groups excluding carboxylic acids is 3. The largest absolute Gasteiger partial charge is 0.497 e. The number of piperidine rings is 1. The van der Waals surface area contributed by atoms with Crippen molar-refractivity contribution in [3.8, 4) is 5.75 Å². The summed E-state index contributed by atoms with van der Waals surface area (Å²) in [6.07, 6.45) is 1.27. The minimum Gasteiger partial charge on any atom is -0.497 e. The average molecular weight is 699 g/mol. The molecule has 5 atom stereocenters. The van der Waals surface area contributed by atoms with E-state index in [1.165, 1.54) is 5.19 Å². The van der Waals surface area contributed by atoms with Crippen LogP contribution in [0, 0.1) is 11.8 Å². The Hall–Kier alpha value is -4.03. The van der Waals surface area contributed by atoms with Crippen molar-refractivity contribution in [3.63, 3.8) is 0 Å². The molecule has 11 heteroatoms. The Kier molecular flexibility index (Phi) is 10.5. The summed E-state index contributed by atoms with van der Waals surface area (Å²) in [5.41, 5.74) is 1.56. The molecule has 3 aromatic carbocycles. The maximum atomic E-state index is 14.6. The third kappa shape index (κ3) is 6.59. The molecule has 0 aromatic heterocycles. The molecule has 1 unspecified atom stereocenters. The van der Waals surface area contributed by atoms with Crippen molar-refractivity contribution < 1.29 is 29.0 Å². The molecule has 3 heterocycles. The normalized spacial score (nSPS) is 24.7. The molecule has 3 N–H and O–H groups in total. The monoisotopic (exact) mass is 698 g/mol. The fourth-order valence-corrected chi connectivity index (χ4v) is 12.5. The van der Waals surface area contributed by atoms with Gasteiger partial charge in [-0.25, -0.2) is 0 Å². The molecule has 266 valence electrons. The number of methoxy groups -OCH3 is 1. The second-order valence-corrected chi connectivity index (χ2v) is 19.2. The van der Waals surface area contributed by atoms with Gasteiger partial charge in [-0.3, -0.25) is 14.4 Å². The number of likely N-dealkylation sites (N-methyl/N-ethyl adjacent to an activating group) is 1. The molecular formula is C39H50N4O6Si. The second-order valence-electron chi connectivity index (χ2n) is 14.5. The van der Waals surface area contributed by atoms with E-state index in [1.807, 2.05) is 60.7 Å². The summed E-state index contributed by atoms with van der Waals surface area (Å²) in [4.78, 5) is 45.3. The Morgan fingerprint density at radius 1 is 1.12 bits per heavy atom. The molecule has 0 bridgehead atoms. The van der Waals surface area contributed by atoms with Crippen molar-refractivity contribution in [2.24, 2.45) is 11.8 Å². The Balaban J connectivity index is 1.38. The number of aliphatic hydroxyl groups excluding tert-OH is 1. The van der Waals surface area contributed by atoms with Crippen LogP contribution >= 0.6 is 0 Å². The zero-order chi connectivity index (χ0) is 35.6. The smallest absolute Gasteiger partial charge is 0.264 e. The number of anilines is 2. The number of nitrogens with one attached hydrogen (secondary N) is 2. The third-order valence-electron chi connectivity index (χ3n) is 11.2. The first-order valence-electron chi connectivity index (χ1n) is 17.7. The van der Waals surface area contributed by atoms with Crippen LogP contribution in [0.1, 0.15) is 37.3 Å². The number of aliphatic hydroxyl groups is 1. The Morgan fingerprint density at radius 3 is 2.52 bits per heavy atom. The molecular weight excluding hydrogens is 649 g/mol. The maximum absolute atomic E-state index is 14.6. The zero-order valence-electron chi connectivity index (χ0n) is 29.8. The van der Waals surface area contributed by atoms with E-state index in [0.29, 0.717) is 24.3 Å². The number of hydrogen-bond donors (Lipinski definition) is 3. The van der Waals surface area contributed by atoms with E-state index in [9.17, 15) is 19.5 Å². The molecule has 10 nitrogen and oxygen atoms in total. The highest BCUT2D eigenvalue weighted by Gasteiger charge is 2.66. The van der Waals surface area contributed by atoms with Gasteiger partial charge in [0.2, 0.25) is 11.8 Å². The second kappa shape index (κ2) is 14.7. The minimum atomic E-state index is -2.48. The minimum absolute atomic E-state index is 0.0407. The van der Waals surface area contributed by atoms with Crippen LogP contribution in [0.25, 0.3) is 0 Å². The van der Waals surface area contributed by atoms with Crippen LogP contribution in [0.15, 0.2) is 72.8 Å². The highest BCUT2D eigenvalue weighted by atomic mass is 28.3. The lowest BCUT2D eigenvalue weighted by Gasteiger charge is -2.37. The van der Waals surface area contributed by atoms with E-state index in [2.05, 4.69) is 42.8 Å². The summed E-state index contributed by atoms with van der Waals surface area (Å²) in [5.74, 6) is -0.00198. The SMILES string of the molecule is COc1ccc([Si](C)(C)[C@H]2[C@H](CC(=O)N(CCO)Cc3ccccc3)O[C@@]3(C(=O)N(C)c4ccc(NC(=O)C5CCCNC5)cc43)[C@@H]2C)cc1. The molecule has 2 saturated heterocycles. The van der Waals surface area contributed by atoms with Gasteiger partial charge in [-0.05, 0) is 60.8 Å². The van der Waals surface area contributed by atoms with Gasteiger partial charge < -0.3 is 35.0 Å². The van der Waals surface area contributed by atoms with E-state index in [1.54, 1.807) is 24.0 Å². The first-order chi connectivity index (χ1) is 24.0. The average Bonchev–Trinajstić information content (AvgIpc) is 3.54. The molecule has 2 fully saturated rings. The van der Waals surface area contributed by atoms with E-state index in [4.69, 9.17) is 9.47 Å². The standard InChI is InChI=1S/C39H50N4O6Si/c1-26-36(50(4,5)31-16-14-30(48-3)15-17-31)34(23-35(45)43(20-21-44)25-27-10-7-6-8-11-27)49-39(26)32-22-29(13-18-33(32)42(2)38(39)47)41-37(46)28-12-9-19-40-24-28/h6-8,10-11,13-18,22,26,28,34,36,40,44H,9,12,19-21,23-25H2,1-5H3,(H,41,46)/t26-,28?,34+,36-,39+/m1/s1. The van der Waals surface area contributed by atoms with E-state index < -0.39 is 19.8 Å². The van der Waals surface area contributed by atoms with Crippen LogP contribution in [-0.2, 0) is 31.3 Å². The van der Waals surface area contributed by atoms with Crippen molar-refractivity contribution in [1.82, 2.24) is 10.2 Å². The summed E-state index contributed by atoms with van der Waals surface area (Å²) in [7, 11) is 0.930. The number of benzene rings is 3. The first-order valence-corrected chi connectivity index (χ1v) is 20.8. The van der Waals surface area contributed by atoms with Crippen molar-refractivity contribution >= 4 is 42.4 Å². The fourth-order valence-electron chi connectivity index (χ4n) is 8.53. The molecule has 1 spiro atoms. The predicted octanol–water partition coefficient (Wildman–Crippen LogP) is 4.24.